The molecule has 1 aromatic carbocycles. The molecule has 8 nitrogen and oxygen atoms in total. The van der Waals surface area contributed by atoms with E-state index in [0.29, 0.717) is 6.42 Å². The van der Waals surface area contributed by atoms with Crippen molar-refractivity contribution in [3.63, 3.8) is 0 Å². The number of hydrogen-bond acceptors (Lipinski definition) is 5. The van der Waals surface area contributed by atoms with Gasteiger partial charge in [0.15, 0.2) is 0 Å². The normalized spacial score (nSPS) is 19.8. The fourth-order valence-corrected chi connectivity index (χ4v) is 2.78. The molecule has 0 aliphatic heterocycles. The van der Waals surface area contributed by atoms with Gasteiger partial charge in [-0.3, -0.25) is 4.79 Å². The van der Waals surface area contributed by atoms with Crippen LogP contribution in [0.3, 0.4) is 0 Å². The largest absolute Gasteiger partial charge is 0.511 e. The van der Waals surface area contributed by atoms with E-state index in [9.17, 15) is 24.7 Å². The van der Waals surface area contributed by atoms with E-state index < -0.39 is 36.7 Å². The number of Topliss-reactive ketones (excluding diaryl/α,β-unsaturated/α-hetero) is 1. The summed E-state index contributed by atoms with van der Waals surface area (Å²) in [5, 5.41) is 28.5. The molecule has 1 atom stereocenters. The van der Waals surface area contributed by atoms with Gasteiger partial charge in [0, 0.05) is 18.6 Å². The van der Waals surface area contributed by atoms with Crippen molar-refractivity contribution in [1.29, 1.82) is 0 Å². The number of nitrogens with zero attached hydrogens (tertiary/aromatic N) is 1. The van der Waals surface area contributed by atoms with Crippen molar-refractivity contribution in [3.8, 4) is 5.75 Å². The van der Waals surface area contributed by atoms with Gasteiger partial charge < -0.3 is 25.1 Å². The van der Waals surface area contributed by atoms with Gasteiger partial charge in [0.25, 0.3) is 0 Å². The Labute approximate surface area is 137 Å². The zero-order chi connectivity index (χ0) is 17.9. The fraction of sp³-hybridized carbons (Fsp3) is 0.200. The molecule has 0 bridgehead atoms. The van der Waals surface area contributed by atoms with Crippen molar-refractivity contribution >= 4 is 19.2 Å². The van der Waals surface area contributed by atoms with Crippen LogP contribution in [-0.4, -0.2) is 36.6 Å². The first-order chi connectivity index (χ1) is 11.2. The SMILES string of the molecule is O=C(CCc1ccc(O)cc1)C1C(O)=CC(O)=C/C1=N\P(=O)(O)O. The summed E-state index contributed by atoms with van der Waals surface area (Å²) in [6, 6.07) is 6.21. The number of aliphatic hydroxyl groups is 2. The van der Waals surface area contributed by atoms with Crippen LogP contribution in [0.1, 0.15) is 12.0 Å². The molecule has 1 aliphatic rings. The average molecular weight is 353 g/mol. The van der Waals surface area contributed by atoms with Crippen molar-refractivity contribution in [2.45, 2.75) is 12.8 Å². The number of allylic oxidation sites excluding steroid dienone is 3. The highest BCUT2D eigenvalue weighted by molar-refractivity contribution is 7.50. The van der Waals surface area contributed by atoms with E-state index in [-0.39, 0.29) is 12.2 Å². The predicted molar refractivity (Wildman–Crippen MR) is 85.8 cm³/mol. The minimum atomic E-state index is -4.83. The number of carbonyl (C=O) groups is 1. The first kappa shape index (κ1) is 17.9. The Hall–Kier alpha value is -2.41. The Kier molecular flexibility index (Phi) is 5.23. The number of benzene rings is 1. The Morgan fingerprint density at radius 1 is 1.08 bits per heavy atom. The number of rotatable bonds is 5. The molecule has 24 heavy (non-hydrogen) atoms. The second-order valence-electron chi connectivity index (χ2n) is 5.24. The average Bonchev–Trinajstić information content (AvgIpc) is 2.44. The van der Waals surface area contributed by atoms with Gasteiger partial charge >= 0.3 is 7.75 Å². The number of ketones is 1. The second-order valence-corrected chi connectivity index (χ2v) is 6.47. The number of aromatic hydroxyl groups is 1. The molecule has 0 spiro atoms. The van der Waals surface area contributed by atoms with Crippen molar-refractivity contribution in [3.05, 3.63) is 53.5 Å². The van der Waals surface area contributed by atoms with Gasteiger partial charge in [0.05, 0.1) is 5.71 Å². The van der Waals surface area contributed by atoms with Gasteiger partial charge in [-0.1, -0.05) is 12.1 Å². The lowest BCUT2D eigenvalue weighted by Crippen LogP contribution is -2.28. The van der Waals surface area contributed by atoms with E-state index in [2.05, 4.69) is 4.76 Å². The summed E-state index contributed by atoms with van der Waals surface area (Å²) < 4.78 is 14.2. The third-order valence-corrected chi connectivity index (χ3v) is 3.84. The molecule has 1 aliphatic carbocycles. The van der Waals surface area contributed by atoms with Crippen LogP contribution in [-0.2, 0) is 15.8 Å². The Balaban J connectivity index is 2.19. The van der Waals surface area contributed by atoms with Crippen molar-refractivity contribution in [2.75, 3.05) is 0 Å². The lowest BCUT2D eigenvalue weighted by molar-refractivity contribution is -0.120. The standard InChI is InChI=1S/C15H16NO7P/c17-10-4-1-9(2-5-10)3-6-13(19)15-12(16-24(21,22)23)7-11(18)8-14(15)20/h1-2,4-5,7-8,15,17-18,20H,3,6H2,(H2,21,22,23)/b16-12+. The van der Waals surface area contributed by atoms with E-state index >= 15 is 0 Å². The van der Waals surface area contributed by atoms with Crippen LogP contribution in [0.25, 0.3) is 0 Å². The lowest BCUT2D eigenvalue weighted by Gasteiger charge is -2.19. The maximum Gasteiger partial charge on any atom is 0.448 e. The van der Waals surface area contributed by atoms with Gasteiger partial charge in [-0.25, -0.2) is 4.57 Å². The molecule has 9 heteroatoms. The molecule has 0 radical (unpaired) electrons. The molecular formula is C15H16NO7P. The summed E-state index contributed by atoms with van der Waals surface area (Å²) in [5.74, 6) is -2.74. The first-order valence-electron chi connectivity index (χ1n) is 6.93. The Morgan fingerprint density at radius 3 is 2.29 bits per heavy atom. The van der Waals surface area contributed by atoms with Crippen LogP contribution < -0.4 is 0 Å². The molecule has 0 saturated heterocycles. The van der Waals surface area contributed by atoms with E-state index in [4.69, 9.17) is 9.79 Å². The van der Waals surface area contributed by atoms with Crippen LogP contribution in [0.15, 0.2) is 52.7 Å². The molecule has 5 N–H and O–H groups in total. The molecule has 1 unspecified atom stereocenters. The minimum absolute atomic E-state index is 0.0257. The van der Waals surface area contributed by atoms with Gasteiger partial charge in [-0.05, 0) is 24.1 Å². The summed E-state index contributed by atoms with van der Waals surface area (Å²) in [7, 11) is -4.83. The Morgan fingerprint density at radius 2 is 1.71 bits per heavy atom. The molecule has 0 heterocycles. The highest BCUT2D eigenvalue weighted by Gasteiger charge is 2.32. The van der Waals surface area contributed by atoms with Crippen molar-refractivity contribution in [2.24, 2.45) is 10.7 Å². The summed E-state index contributed by atoms with van der Waals surface area (Å²) in [5.41, 5.74) is 0.379. The molecule has 0 fully saturated rings. The number of phenols is 1. The molecule has 0 amide bonds. The van der Waals surface area contributed by atoms with Gasteiger partial charge in [-0.2, -0.15) is 4.76 Å². The summed E-state index contributed by atoms with van der Waals surface area (Å²) in [4.78, 5) is 30.3. The van der Waals surface area contributed by atoms with Crippen molar-refractivity contribution < 1.29 is 34.5 Å². The highest BCUT2D eigenvalue weighted by Crippen LogP contribution is 2.38. The van der Waals surface area contributed by atoms with Crippen molar-refractivity contribution in [1.82, 2.24) is 0 Å². The quantitative estimate of drug-likeness (QED) is 0.508. The number of carbonyl (C=O) groups excluding carboxylic acids is 1. The maximum absolute atomic E-state index is 12.4. The topological polar surface area (TPSA) is 148 Å². The molecular weight excluding hydrogens is 337 g/mol. The summed E-state index contributed by atoms with van der Waals surface area (Å²) >= 11 is 0. The first-order valence-corrected chi connectivity index (χ1v) is 8.50. The Bertz CT molecular complexity index is 774. The number of aryl methyl sites for hydroxylation is 1. The third kappa shape index (κ3) is 4.79. The van der Waals surface area contributed by atoms with Crippen LogP contribution in [0.2, 0.25) is 0 Å². The van der Waals surface area contributed by atoms with Crippen LogP contribution in [0, 0.1) is 5.92 Å². The number of aliphatic hydroxyl groups excluding tert-OH is 2. The van der Waals surface area contributed by atoms with E-state index in [1.165, 1.54) is 12.1 Å². The second kappa shape index (κ2) is 7.00. The van der Waals surface area contributed by atoms with E-state index in [1.807, 2.05) is 0 Å². The van der Waals surface area contributed by atoms with Crippen LogP contribution in [0.5, 0.6) is 5.75 Å². The van der Waals surface area contributed by atoms with Gasteiger partial charge in [-0.15, -0.1) is 0 Å². The lowest BCUT2D eigenvalue weighted by atomic mass is 9.88. The number of hydrogen-bond donors (Lipinski definition) is 5. The molecule has 0 saturated carbocycles. The molecule has 2 rings (SSSR count). The highest BCUT2D eigenvalue weighted by atomic mass is 31.2. The van der Waals surface area contributed by atoms with Crippen LogP contribution in [0.4, 0.5) is 0 Å². The zero-order valence-electron chi connectivity index (χ0n) is 12.4. The third-order valence-electron chi connectivity index (χ3n) is 3.35. The van der Waals surface area contributed by atoms with E-state index in [1.54, 1.807) is 12.1 Å². The number of phenolic OH excluding ortho intramolecular Hbond substituents is 1. The van der Waals surface area contributed by atoms with Crippen LogP contribution >= 0.6 is 7.75 Å². The zero-order valence-corrected chi connectivity index (χ0v) is 13.3. The smallest absolute Gasteiger partial charge is 0.448 e. The molecule has 0 aromatic heterocycles. The summed E-state index contributed by atoms with van der Waals surface area (Å²) in [6.45, 7) is 0. The molecule has 1 aromatic rings. The van der Waals surface area contributed by atoms with Gasteiger partial charge in [0.1, 0.15) is 29.0 Å². The van der Waals surface area contributed by atoms with E-state index in [0.717, 1.165) is 17.7 Å². The fourth-order valence-electron chi connectivity index (χ4n) is 2.30. The minimum Gasteiger partial charge on any atom is -0.511 e. The molecule has 128 valence electrons. The maximum atomic E-state index is 12.4. The van der Waals surface area contributed by atoms with Gasteiger partial charge in [0.2, 0.25) is 0 Å². The summed E-state index contributed by atoms with van der Waals surface area (Å²) in [6.07, 6.45) is 2.15. The monoisotopic (exact) mass is 353 g/mol. The predicted octanol–water partition coefficient (Wildman–Crippen LogP) is 1.94.